The number of rotatable bonds is 5. The largest absolute Gasteiger partial charge is 0.395 e. The quantitative estimate of drug-likeness (QED) is 0.620. The molecule has 4 heteroatoms. The Hall–Kier alpha value is -0.610. The maximum Gasteiger partial charge on any atom is 0.237 e. The molecule has 0 spiro atoms. The predicted molar refractivity (Wildman–Crippen MR) is 59.3 cm³/mol. The average Bonchev–Trinajstić information content (AvgIpc) is 2.27. The van der Waals surface area contributed by atoms with Crippen LogP contribution in [-0.2, 0) is 4.79 Å². The maximum absolute atomic E-state index is 11.4. The molecule has 0 saturated heterocycles. The summed E-state index contributed by atoms with van der Waals surface area (Å²) in [7, 11) is 0. The van der Waals surface area contributed by atoms with E-state index in [0.717, 1.165) is 6.42 Å². The fourth-order valence-electron chi connectivity index (χ4n) is 2.20. The molecule has 1 aliphatic rings. The van der Waals surface area contributed by atoms with E-state index in [1.807, 2.05) is 0 Å². The Labute approximate surface area is 91.2 Å². The van der Waals surface area contributed by atoms with Crippen molar-refractivity contribution in [2.75, 3.05) is 13.2 Å². The van der Waals surface area contributed by atoms with Crippen LogP contribution in [0.15, 0.2) is 0 Å². The Kier molecular flexibility index (Phi) is 5.65. The Bertz CT molecular complexity index is 191. The van der Waals surface area contributed by atoms with Gasteiger partial charge in [-0.3, -0.25) is 4.79 Å². The summed E-state index contributed by atoms with van der Waals surface area (Å²) in [6.45, 7) is 0.277. The SMILES string of the molecule is NC(CC1CCCCC1)C(=O)NCCO. The van der Waals surface area contributed by atoms with Crippen LogP contribution in [-0.4, -0.2) is 30.2 Å². The van der Waals surface area contributed by atoms with Gasteiger partial charge in [0.2, 0.25) is 5.91 Å². The first-order valence-electron chi connectivity index (χ1n) is 5.88. The monoisotopic (exact) mass is 214 g/mol. The van der Waals surface area contributed by atoms with Gasteiger partial charge in [0.1, 0.15) is 0 Å². The Morgan fingerprint density at radius 1 is 1.40 bits per heavy atom. The number of nitrogens with two attached hydrogens (primary N) is 1. The lowest BCUT2D eigenvalue weighted by molar-refractivity contribution is -0.122. The molecule has 0 radical (unpaired) electrons. The lowest BCUT2D eigenvalue weighted by Gasteiger charge is -2.23. The third kappa shape index (κ3) is 4.62. The van der Waals surface area contributed by atoms with E-state index in [2.05, 4.69) is 5.32 Å². The summed E-state index contributed by atoms with van der Waals surface area (Å²) in [4.78, 5) is 11.4. The molecule has 1 saturated carbocycles. The molecule has 1 amide bonds. The van der Waals surface area contributed by atoms with E-state index in [4.69, 9.17) is 10.8 Å². The number of nitrogens with one attached hydrogen (secondary N) is 1. The van der Waals surface area contributed by atoms with Crippen molar-refractivity contribution in [1.82, 2.24) is 5.32 Å². The fourth-order valence-corrected chi connectivity index (χ4v) is 2.20. The molecule has 1 fully saturated rings. The number of amides is 1. The number of hydrogen-bond donors (Lipinski definition) is 3. The molecule has 1 aliphatic carbocycles. The minimum absolute atomic E-state index is 0.0259. The lowest BCUT2D eigenvalue weighted by atomic mass is 9.85. The van der Waals surface area contributed by atoms with Crippen LogP contribution in [0.2, 0.25) is 0 Å². The summed E-state index contributed by atoms with van der Waals surface area (Å²) in [5.41, 5.74) is 5.80. The van der Waals surface area contributed by atoms with Gasteiger partial charge < -0.3 is 16.2 Å². The predicted octanol–water partition coefficient (Wildman–Crippen LogP) is 0.393. The van der Waals surface area contributed by atoms with Crippen LogP contribution in [0.5, 0.6) is 0 Å². The third-order valence-corrected chi connectivity index (χ3v) is 3.06. The highest BCUT2D eigenvalue weighted by molar-refractivity contribution is 5.81. The van der Waals surface area contributed by atoms with Gasteiger partial charge in [0.05, 0.1) is 12.6 Å². The van der Waals surface area contributed by atoms with Gasteiger partial charge in [0.15, 0.2) is 0 Å². The standard InChI is InChI=1S/C11H22N2O2/c12-10(11(15)13-6-7-14)8-9-4-2-1-3-5-9/h9-10,14H,1-8,12H2,(H,13,15). The van der Waals surface area contributed by atoms with Crippen LogP contribution in [0, 0.1) is 5.92 Å². The second kappa shape index (κ2) is 6.80. The Balaban J connectivity index is 2.20. The second-order valence-electron chi connectivity index (χ2n) is 4.36. The first-order chi connectivity index (χ1) is 7.24. The second-order valence-corrected chi connectivity index (χ2v) is 4.36. The summed E-state index contributed by atoms with van der Waals surface area (Å²) in [6, 6.07) is -0.403. The molecular formula is C11H22N2O2. The van der Waals surface area contributed by atoms with Crippen LogP contribution in [0.1, 0.15) is 38.5 Å². The maximum atomic E-state index is 11.4. The zero-order valence-electron chi connectivity index (χ0n) is 9.24. The first-order valence-corrected chi connectivity index (χ1v) is 5.88. The van der Waals surface area contributed by atoms with Crippen molar-refractivity contribution in [3.63, 3.8) is 0 Å². The van der Waals surface area contributed by atoms with Crippen molar-refractivity contribution in [2.24, 2.45) is 11.7 Å². The van der Waals surface area contributed by atoms with Crippen molar-refractivity contribution in [2.45, 2.75) is 44.6 Å². The van der Waals surface area contributed by atoms with E-state index < -0.39 is 6.04 Å². The molecule has 0 aromatic heterocycles. The summed E-state index contributed by atoms with van der Waals surface area (Å²) in [5.74, 6) is 0.489. The molecule has 1 rings (SSSR count). The van der Waals surface area contributed by atoms with Gasteiger partial charge in [-0.1, -0.05) is 32.1 Å². The van der Waals surface area contributed by atoms with Crippen LogP contribution in [0.25, 0.3) is 0 Å². The smallest absolute Gasteiger partial charge is 0.237 e. The molecular weight excluding hydrogens is 192 g/mol. The molecule has 4 nitrogen and oxygen atoms in total. The van der Waals surface area contributed by atoms with Crippen LogP contribution in [0.4, 0.5) is 0 Å². The molecule has 0 heterocycles. The Morgan fingerprint density at radius 3 is 2.67 bits per heavy atom. The van der Waals surface area contributed by atoms with Crippen LogP contribution in [0.3, 0.4) is 0 Å². The molecule has 15 heavy (non-hydrogen) atoms. The zero-order valence-corrected chi connectivity index (χ0v) is 9.24. The van der Waals surface area contributed by atoms with E-state index in [-0.39, 0.29) is 12.5 Å². The van der Waals surface area contributed by atoms with E-state index in [1.165, 1.54) is 32.1 Å². The minimum Gasteiger partial charge on any atom is -0.395 e. The summed E-state index contributed by atoms with van der Waals surface area (Å²) >= 11 is 0. The molecule has 1 atom stereocenters. The van der Waals surface area contributed by atoms with Gasteiger partial charge in [-0.25, -0.2) is 0 Å². The Morgan fingerprint density at radius 2 is 2.07 bits per heavy atom. The van der Waals surface area contributed by atoms with E-state index in [0.29, 0.717) is 12.5 Å². The molecule has 0 aromatic rings. The summed E-state index contributed by atoms with van der Waals surface area (Å²) in [6.07, 6.45) is 7.08. The van der Waals surface area contributed by atoms with Crippen LogP contribution >= 0.6 is 0 Å². The molecule has 4 N–H and O–H groups in total. The summed E-state index contributed by atoms with van der Waals surface area (Å²) in [5, 5.41) is 11.2. The third-order valence-electron chi connectivity index (χ3n) is 3.06. The number of carbonyl (C=O) groups is 1. The number of carbonyl (C=O) groups excluding carboxylic acids is 1. The topological polar surface area (TPSA) is 75.4 Å². The number of aliphatic hydroxyl groups is 1. The first kappa shape index (κ1) is 12.5. The number of aliphatic hydroxyl groups excluding tert-OH is 1. The molecule has 88 valence electrons. The highest BCUT2D eigenvalue weighted by Crippen LogP contribution is 2.26. The normalized spacial score (nSPS) is 19.9. The van der Waals surface area contributed by atoms with Gasteiger partial charge in [-0.2, -0.15) is 0 Å². The van der Waals surface area contributed by atoms with Gasteiger partial charge >= 0.3 is 0 Å². The van der Waals surface area contributed by atoms with E-state index in [9.17, 15) is 4.79 Å². The summed E-state index contributed by atoms with van der Waals surface area (Å²) < 4.78 is 0. The molecule has 1 unspecified atom stereocenters. The van der Waals surface area contributed by atoms with Gasteiger partial charge in [0.25, 0.3) is 0 Å². The van der Waals surface area contributed by atoms with Crippen molar-refractivity contribution < 1.29 is 9.90 Å². The van der Waals surface area contributed by atoms with Crippen molar-refractivity contribution >= 4 is 5.91 Å². The molecule has 0 aromatic carbocycles. The van der Waals surface area contributed by atoms with E-state index >= 15 is 0 Å². The lowest BCUT2D eigenvalue weighted by Crippen LogP contribution is -2.42. The van der Waals surface area contributed by atoms with Gasteiger partial charge in [0, 0.05) is 6.54 Å². The highest BCUT2D eigenvalue weighted by Gasteiger charge is 2.20. The number of hydrogen-bond acceptors (Lipinski definition) is 3. The zero-order chi connectivity index (χ0) is 11.1. The van der Waals surface area contributed by atoms with Crippen molar-refractivity contribution in [3.05, 3.63) is 0 Å². The minimum atomic E-state index is -0.403. The van der Waals surface area contributed by atoms with E-state index in [1.54, 1.807) is 0 Å². The average molecular weight is 214 g/mol. The van der Waals surface area contributed by atoms with Gasteiger partial charge in [-0.15, -0.1) is 0 Å². The van der Waals surface area contributed by atoms with Gasteiger partial charge in [-0.05, 0) is 12.3 Å². The van der Waals surface area contributed by atoms with Crippen molar-refractivity contribution in [1.29, 1.82) is 0 Å². The molecule has 0 bridgehead atoms. The fraction of sp³-hybridized carbons (Fsp3) is 0.909. The van der Waals surface area contributed by atoms with Crippen molar-refractivity contribution in [3.8, 4) is 0 Å². The molecule has 0 aliphatic heterocycles. The highest BCUT2D eigenvalue weighted by atomic mass is 16.3. The van der Waals surface area contributed by atoms with Crippen LogP contribution < -0.4 is 11.1 Å².